The minimum Gasteiger partial charge on any atom is -0.497 e. The van der Waals surface area contributed by atoms with Gasteiger partial charge in [0.1, 0.15) is 11.5 Å². The Balaban J connectivity index is 1.73. The average Bonchev–Trinajstić information content (AvgIpc) is 2.76. The fraction of sp³-hybridized carbons (Fsp3) is 0.136. The Morgan fingerprint density at radius 1 is 1.00 bits per heavy atom. The second-order valence-electron chi connectivity index (χ2n) is 6.38. The maximum atomic E-state index is 11.9. The van der Waals surface area contributed by atoms with E-state index in [2.05, 4.69) is 5.32 Å². The van der Waals surface area contributed by atoms with Crippen molar-refractivity contribution in [1.82, 2.24) is 0 Å². The minimum absolute atomic E-state index is 0.271. The molecule has 0 aromatic heterocycles. The zero-order valence-corrected chi connectivity index (χ0v) is 16.8. The van der Waals surface area contributed by atoms with Crippen molar-refractivity contribution in [1.29, 1.82) is 0 Å². The van der Waals surface area contributed by atoms with Gasteiger partial charge in [0.05, 0.1) is 37.8 Å². The van der Waals surface area contributed by atoms with Crippen LogP contribution in [-0.2, 0) is 0 Å². The first-order valence-electron chi connectivity index (χ1n) is 8.98. The molecule has 0 spiro atoms. The number of fused-ring (bicyclic) bond motifs is 2. The van der Waals surface area contributed by atoms with Crippen LogP contribution in [0, 0.1) is 0 Å². The molecule has 0 bridgehead atoms. The first-order chi connectivity index (χ1) is 14.1. The van der Waals surface area contributed by atoms with Crippen LogP contribution in [0.4, 0.5) is 17.1 Å². The Hall–Kier alpha value is -3.32. The molecular formula is C22H20N2O4S. The van der Waals surface area contributed by atoms with E-state index in [0.717, 1.165) is 32.7 Å². The summed E-state index contributed by atoms with van der Waals surface area (Å²) in [7, 11) is 3.26. The van der Waals surface area contributed by atoms with Gasteiger partial charge in [0.2, 0.25) is 0 Å². The van der Waals surface area contributed by atoms with E-state index in [9.17, 15) is 9.90 Å². The number of para-hydroxylation sites is 1. The number of aromatic carboxylic acids is 1. The van der Waals surface area contributed by atoms with Gasteiger partial charge >= 0.3 is 5.97 Å². The molecule has 0 aliphatic carbocycles. The zero-order valence-electron chi connectivity index (χ0n) is 16.0. The van der Waals surface area contributed by atoms with E-state index in [1.54, 1.807) is 38.1 Å². The third kappa shape index (κ3) is 3.69. The van der Waals surface area contributed by atoms with E-state index in [1.807, 2.05) is 53.4 Å². The number of hydrogen-bond donors (Lipinski definition) is 2. The number of benzene rings is 3. The van der Waals surface area contributed by atoms with Crippen LogP contribution in [0.3, 0.4) is 0 Å². The van der Waals surface area contributed by atoms with Crippen LogP contribution in [0.15, 0.2) is 70.5 Å². The molecule has 29 heavy (non-hydrogen) atoms. The molecule has 0 amide bonds. The Kier molecular flexibility index (Phi) is 5.22. The molecule has 0 radical (unpaired) electrons. The molecule has 4 rings (SSSR count). The van der Waals surface area contributed by atoms with Crippen LogP contribution in [0.2, 0.25) is 0 Å². The number of anilines is 3. The molecule has 0 saturated carbocycles. The Labute approximate surface area is 173 Å². The van der Waals surface area contributed by atoms with Gasteiger partial charge in [-0.3, -0.25) is 0 Å². The maximum Gasteiger partial charge on any atom is 0.337 e. The molecule has 1 aliphatic heterocycles. The normalized spacial score (nSPS) is 12.0. The van der Waals surface area contributed by atoms with Gasteiger partial charge in [0.25, 0.3) is 0 Å². The van der Waals surface area contributed by atoms with Gasteiger partial charge in [-0.1, -0.05) is 17.8 Å². The molecule has 7 heteroatoms. The molecule has 1 aliphatic rings. The molecule has 6 nitrogen and oxygen atoms in total. The lowest BCUT2D eigenvalue weighted by atomic mass is 10.1. The summed E-state index contributed by atoms with van der Waals surface area (Å²) in [5.74, 6) is 0.590. The number of hydrogen-bond acceptors (Lipinski definition) is 6. The van der Waals surface area contributed by atoms with Crippen molar-refractivity contribution in [3.8, 4) is 11.5 Å². The number of ether oxygens (including phenoxy) is 2. The van der Waals surface area contributed by atoms with Crippen LogP contribution in [0.1, 0.15) is 10.4 Å². The first kappa shape index (κ1) is 19.0. The number of carboxylic acid groups (broad SMARTS) is 1. The number of carboxylic acids is 1. The molecule has 0 saturated heterocycles. The summed E-state index contributed by atoms with van der Waals surface area (Å²) in [5, 5.41) is 13.1. The Morgan fingerprint density at radius 3 is 2.41 bits per heavy atom. The summed E-state index contributed by atoms with van der Waals surface area (Å²) < 4.78 is 10.6. The van der Waals surface area contributed by atoms with Gasteiger partial charge < -0.3 is 24.8 Å². The topological polar surface area (TPSA) is 71.0 Å². The highest BCUT2D eigenvalue weighted by Gasteiger charge is 2.28. The molecule has 0 atom stereocenters. The maximum absolute atomic E-state index is 11.9. The second kappa shape index (κ2) is 7.97. The van der Waals surface area contributed by atoms with Gasteiger partial charge in [-0.15, -0.1) is 0 Å². The minimum atomic E-state index is -0.950. The molecule has 148 valence electrons. The number of carbonyl (C=O) groups is 1. The predicted molar refractivity (Wildman–Crippen MR) is 114 cm³/mol. The van der Waals surface area contributed by atoms with Gasteiger partial charge in [0, 0.05) is 15.5 Å². The third-order valence-electron chi connectivity index (χ3n) is 4.71. The Bertz CT molecular complexity index is 1050. The smallest absolute Gasteiger partial charge is 0.337 e. The lowest BCUT2D eigenvalue weighted by molar-refractivity contribution is 0.0697. The largest absolute Gasteiger partial charge is 0.497 e. The molecule has 3 aromatic rings. The van der Waals surface area contributed by atoms with Crippen LogP contribution < -0.4 is 19.7 Å². The van der Waals surface area contributed by atoms with Gasteiger partial charge in [-0.25, -0.2) is 4.79 Å². The number of rotatable bonds is 6. The summed E-state index contributed by atoms with van der Waals surface area (Å²) in [4.78, 5) is 15.8. The van der Waals surface area contributed by atoms with Crippen molar-refractivity contribution in [2.24, 2.45) is 0 Å². The lowest BCUT2D eigenvalue weighted by Crippen LogP contribution is -2.28. The fourth-order valence-electron chi connectivity index (χ4n) is 3.26. The van der Waals surface area contributed by atoms with Crippen LogP contribution in [-0.4, -0.2) is 32.0 Å². The highest BCUT2D eigenvalue weighted by atomic mass is 32.2. The SMILES string of the molecule is COc1ccc(NCN2c3ccc(OC)cc3Sc3cccc(C(=O)O)c32)cc1. The molecule has 0 fully saturated rings. The number of methoxy groups -OCH3 is 2. The highest BCUT2D eigenvalue weighted by molar-refractivity contribution is 7.99. The fourth-order valence-corrected chi connectivity index (χ4v) is 4.42. The first-order valence-corrected chi connectivity index (χ1v) is 9.80. The van der Waals surface area contributed by atoms with E-state index in [0.29, 0.717) is 12.4 Å². The molecule has 1 heterocycles. The van der Waals surface area contributed by atoms with Crippen molar-refractivity contribution < 1.29 is 19.4 Å². The van der Waals surface area contributed by atoms with E-state index >= 15 is 0 Å². The monoisotopic (exact) mass is 408 g/mol. The van der Waals surface area contributed by atoms with Crippen molar-refractivity contribution in [3.05, 3.63) is 66.2 Å². The van der Waals surface area contributed by atoms with Crippen molar-refractivity contribution >= 4 is 34.8 Å². The van der Waals surface area contributed by atoms with E-state index in [4.69, 9.17) is 9.47 Å². The quantitative estimate of drug-likeness (QED) is 0.590. The summed E-state index contributed by atoms with van der Waals surface area (Å²) in [6.45, 7) is 0.406. The molecule has 2 N–H and O–H groups in total. The summed E-state index contributed by atoms with van der Waals surface area (Å²) in [6, 6.07) is 18.8. The van der Waals surface area contributed by atoms with Crippen LogP contribution in [0.25, 0.3) is 0 Å². The van der Waals surface area contributed by atoms with Crippen molar-refractivity contribution in [2.75, 3.05) is 31.1 Å². The van der Waals surface area contributed by atoms with Gasteiger partial charge in [-0.2, -0.15) is 0 Å². The molecular weight excluding hydrogens is 388 g/mol. The lowest BCUT2D eigenvalue weighted by Gasteiger charge is -2.34. The van der Waals surface area contributed by atoms with E-state index in [-0.39, 0.29) is 5.56 Å². The van der Waals surface area contributed by atoms with E-state index < -0.39 is 5.97 Å². The van der Waals surface area contributed by atoms with Gasteiger partial charge in [0.15, 0.2) is 0 Å². The zero-order chi connectivity index (χ0) is 20.4. The van der Waals surface area contributed by atoms with Crippen molar-refractivity contribution in [2.45, 2.75) is 9.79 Å². The standard InChI is InChI=1S/C22H20N2O4S/c1-27-15-8-6-14(7-9-15)23-13-24-18-11-10-16(28-2)12-20(18)29-19-5-3-4-17(21(19)24)22(25)26/h3-12,23H,13H2,1-2H3,(H,25,26). The average molecular weight is 408 g/mol. The third-order valence-corrected chi connectivity index (χ3v) is 5.80. The predicted octanol–water partition coefficient (Wildman–Crippen LogP) is 5.07. The summed E-state index contributed by atoms with van der Waals surface area (Å²) in [5.41, 5.74) is 2.79. The molecule has 3 aromatic carbocycles. The number of nitrogens with one attached hydrogen (secondary N) is 1. The van der Waals surface area contributed by atoms with Crippen LogP contribution >= 0.6 is 11.8 Å². The van der Waals surface area contributed by atoms with E-state index in [1.165, 1.54) is 0 Å². The molecule has 0 unspecified atom stereocenters. The van der Waals surface area contributed by atoms with Crippen molar-refractivity contribution in [3.63, 3.8) is 0 Å². The summed E-state index contributed by atoms with van der Waals surface area (Å²) >= 11 is 1.54. The highest BCUT2D eigenvalue weighted by Crippen LogP contribution is 2.50. The Morgan fingerprint density at radius 2 is 1.72 bits per heavy atom. The van der Waals surface area contributed by atoms with Gasteiger partial charge in [-0.05, 0) is 54.6 Å². The van der Waals surface area contributed by atoms with Crippen LogP contribution in [0.5, 0.6) is 11.5 Å². The summed E-state index contributed by atoms with van der Waals surface area (Å²) in [6.07, 6.45) is 0. The second-order valence-corrected chi connectivity index (χ2v) is 7.47. The number of nitrogens with zero attached hydrogens (tertiary/aromatic N) is 1.